The van der Waals surface area contributed by atoms with Crippen LogP contribution in [0.3, 0.4) is 0 Å². The van der Waals surface area contributed by atoms with Gasteiger partial charge < -0.3 is 14.7 Å². The Morgan fingerprint density at radius 1 is 1.12 bits per heavy atom. The van der Waals surface area contributed by atoms with Crippen LogP contribution in [0.25, 0.3) is 21.9 Å². The first-order valence-electron chi connectivity index (χ1n) is 7.72. The van der Waals surface area contributed by atoms with Crippen molar-refractivity contribution in [2.45, 2.75) is 0 Å². The third-order valence-corrected chi connectivity index (χ3v) is 4.24. The Bertz CT molecular complexity index is 1280. The first-order valence-corrected chi connectivity index (χ1v) is 8.10. The molecule has 2 aromatic carbocycles. The summed E-state index contributed by atoms with van der Waals surface area (Å²) in [6.45, 7) is 0. The van der Waals surface area contributed by atoms with Gasteiger partial charge in [-0.1, -0.05) is 29.8 Å². The summed E-state index contributed by atoms with van der Waals surface area (Å²) < 4.78 is 6.10. The number of rotatable bonds is 3. The van der Waals surface area contributed by atoms with E-state index in [2.05, 4.69) is 15.1 Å². The van der Waals surface area contributed by atoms with Crippen LogP contribution in [0.4, 0.5) is 0 Å². The van der Waals surface area contributed by atoms with Gasteiger partial charge in [0, 0.05) is 5.02 Å². The largest absolute Gasteiger partial charge is 0.496 e. The number of H-pyrrole nitrogens is 2. The van der Waals surface area contributed by atoms with E-state index in [9.17, 15) is 9.59 Å². The van der Waals surface area contributed by atoms with Gasteiger partial charge in [0.25, 0.3) is 0 Å². The molecule has 0 atom stereocenters. The highest BCUT2D eigenvalue weighted by Crippen LogP contribution is 2.29. The molecule has 0 aliphatic carbocycles. The van der Waals surface area contributed by atoms with Gasteiger partial charge in [0.15, 0.2) is 0 Å². The third-order valence-electron chi connectivity index (χ3n) is 4.01. The van der Waals surface area contributed by atoms with Crippen LogP contribution in [0.5, 0.6) is 5.75 Å². The summed E-state index contributed by atoms with van der Waals surface area (Å²) in [7, 11) is 1.53. The fourth-order valence-electron chi connectivity index (χ4n) is 2.85. The molecule has 0 unspecified atom stereocenters. The number of hydrogen-bond acceptors (Lipinski definition) is 4. The fraction of sp³-hybridized carbons (Fsp3) is 0.0556. The second-order valence-electron chi connectivity index (χ2n) is 5.60. The number of halogens is 1. The van der Waals surface area contributed by atoms with E-state index in [1.54, 1.807) is 42.5 Å². The molecule has 0 spiro atoms. The van der Waals surface area contributed by atoms with Crippen LogP contribution in [0.1, 0.15) is 5.56 Å². The van der Waals surface area contributed by atoms with Crippen molar-refractivity contribution in [3.63, 3.8) is 0 Å². The molecule has 0 bridgehead atoms. The Balaban J connectivity index is 1.94. The molecule has 26 heavy (non-hydrogen) atoms. The zero-order chi connectivity index (χ0) is 18.3. The molecule has 8 heteroatoms. The molecule has 4 aromatic rings. The number of nitrogens with one attached hydrogen (secondary N) is 2. The maximum Gasteiger partial charge on any atom is 0.350 e. The molecular formula is C18H13ClN4O3. The third kappa shape index (κ3) is 2.58. The molecule has 0 amide bonds. The van der Waals surface area contributed by atoms with Crippen LogP contribution in [0.15, 0.2) is 57.2 Å². The lowest BCUT2D eigenvalue weighted by molar-refractivity contribution is 0.420. The lowest BCUT2D eigenvalue weighted by Gasteiger charge is -2.01. The topological polar surface area (TPSA) is 92.2 Å². The van der Waals surface area contributed by atoms with E-state index in [-0.39, 0.29) is 5.52 Å². The molecule has 0 aliphatic heterocycles. The van der Waals surface area contributed by atoms with Crippen molar-refractivity contribution in [1.29, 1.82) is 0 Å². The van der Waals surface area contributed by atoms with E-state index in [4.69, 9.17) is 16.3 Å². The molecule has 130 valence electrons. The number of fused-ring (bicyclic) bond motifs is 3. The molecular weight excluding hydrogens is 356 g/mol. The lowest BCUT2D eigenvalue weighted by atomic mass is 10.2. The van der Waals surface area contributed by atoms with Crippen LogP contribution in [0.2, 0.25) is 5.02 Å². The minimum atomic E-state index is -0.646. The number of aromatic amines is 2. The number of ether oxygens (including phenoxy) is 1. The van der Waals surface area contributed by atoms with Crippen LogP contribution in [0, 0.1) is 0 Å². The fourth-order valence-corrected chi connectivity index (χ4v) is 3.04. The second kappa shape index (κ2) is 6.20. The van der Waals surface area contributed by atoms with E-state index >= 15 is 0 Å². The van der Waals surface area contributed by atoms with Crippen LogP contribution in [-0.4, -0.2) is 28.0 Å². The average Bonchev–Trinajstić information content (AvgIpc) is 3.00. The van der Waals surface area contributed by atoms with Gasteiger partial charge in [0.2, 0.25) is 0 Å². The van der Waals surface area contributed by atoms with Gasteiger partial charge in [-0.25, -0.2) is 4.79 Å². The Morgan fingerprint density at radius 3 is 2.69 bits per heavy atom. The van der Waals surface area contributed by atoms with Gasteiger partial charge in [-0.2, -0.15) is 5.10 Å². The van der Waals surface area contributed by atoms with Gasteiger partial charge in [-0.3, -0.25) is 4.79 Å². The molecule has 0 radical (unpaired) electrons. The van der Waals surface area contributed by atoms with Gasteiger partial charge in [-0.05, 0) is 29.8 Å². The van der Waals surface area contributed by atoms with Gasteiger partial charge >= 0.3 is 11.2 Å². The number of methoxy groups -OCH3 is 1. The van der Waals surface area contributed by atoms with Gasteiger partial charge in [-0.15, -0.1) is 4.68 Å². The molecule has 4 rings (SSSR count). The Morgan fingerprint density at radius 2 is 1.92 bits per heavy atom. The zero-order valence-electron chi connectivity index (χ0n) is 13.6. The summed E-state index contributed by atoms with van der Waals surface area (Å²) in [5, 5.41) is 5.18. The van der Waals surface area contributed by atoms with Crippen molar-refractivity contribution in [3.05, 3.63) is 73.9 Å². The van der Waals surface area contributed by atoms with Crippen molar-refractivity contribution in [2.24, 2.45) is 5.10 Å². The normalized spacial score (nSPS) is 11.6. The first kappa shape index (κ1) is 16.2. The monoisotopic (exact) mass is 368 g/mol. The smallest absolute Gasteiger partial charge is 0.350 e. The maximum atomic E-state index is 12.7. The van der Waals surface area contributed by atoms with Gasteiger partial charge in [0.05, 0.1) is 29.7 Å². The van der Waals surface area contributed by atoms with Crippen LogP contribution in [-0.2, 0) is 0 Å². The molecule has 2 aromatic heterocycles. The minimum Gasteiger partial charge on any atom is -0.496 e. The zero-order valence-corrected chi connectivity index (χ0v) is 14.4. The minimum absolute atomic E-state index is 0.243. The predicted molar refractivity (Wildman–Crippen MR) is 102 cm³/mol. The van der Waals surface area contributed by atoms with E-state index in [1.807, 2.05) is 0 Å². The Labute approximate surface area is 151 Å². The van der Waals surface area contributed by atoms with Crippen molar-refractivity contribution in [3.8, 4) is 5.75 Å². The molecule has 2 N–H and O–H groups in total. The molecule has 0 aliphatic rings. The van der Waals surface area contributed by atoms with Crippen LogP contribution < -0.4 is 16.0 Å². The van der Waals surface area contributed by atoms with Crippen molar-refractivity contribution < 1.29 is 4.74 Å². The molecule has 0 saturated heterocycles. The van der Waals surface area contributed by atoms with Gasteiger partial charge in [0.1, 0.15) is 11.3 Å². The highest BCUT2D eigenvalue weighted by atomic mass is 35.5. The Kier molecular flexibility index (Phi) is 3.85. The molecule has 7 nitrogen and oxygen atoms in total. The molecule has 0 fully saturated rings. The summed E-state index contributed by atoms with van der Waals surface area (Å²) in [5.41, 5.74) is 0.785. The molecule has 0 saturated carbocycles. The average molecular weight is 369 g/mol. The summed E-state index contributed by atoms with van der Waals surface area (Å²) in [6.07, 6.45) is 1.40. The lowest BCUT2D eigenvalue weighted by Crippen LogP contribution is -2.32. The predicted octanol–water partition coefficient (Wildman–Crippen LogP) is 2.72. The second-order valence-corrected chi connectivity index (χ2v) is 6.04. The Hall–Kier alpha value is -3.32. The number of hydrogen-bond donors (Lipinski definition) is 2. The van der Waals surface area contributed by atoms with E-state index in [0.29, 0.717) is 32.8 Å². The quantitative estimate of drug-likeness (QED) is 0.544. The standard InChI is InChI=1S/C18H13ClN4O3/c1-26-13-7-3-6-12-14(13)15-16(21-12)17(24)23(18(25)22-15)20-9-10-4-2-5-11(19)8-10/h2-9,21H,1H3,(H,22,25)/b20-9-. The summed E-state index contributed by atoms with van der Waals surface area (Å²) >= 11 is 5.93. The van der Waals surface area contributed by atoms with Crippen molar-refractivity contribution >= 4 is 39.8 Å². The summed E-state index contributed by atoms with van der Waals surface area (Å²) in [6, 6.07) is 12.3. The highest BCUT2D eigenvalue weighted by Gasteiger charge is 2.15. The van der Waals surface area contributed by atoms with Crippen molar-refractivity contribution in [1.82, 2.24) is 14.6 Å². The number of benzene rings is 2. The van der Waals surface area contributed by atoms with Crippen molar-refractivity contribution in [2.75, 3.05) is 7.11 Å². The van der Waals surface area contributed by atoms with E-state index < -0.39 is 11.2 Å². The highest BCUT2D eigenvalue weighted by molar-refractivity contribution is 6.30. The number of aromatic nitrogens is 3. The molecule has 2 heterocycles. The summed E-state index contributed by atoms with van der Waals surface area (Å²) in [4.78, 5) is 30.9. The first-order chi connectivity index (χ1) is 12.6. The SMILES string of the molecule is COc1cccc2[nH]c3c(=O)n(/N=C\c4cccc(Cl)c4)c(=O)[nH]c3c12. The summed E-state index contributed by atoms with van der Waals surface area (Å²) in [5.74, 6) is 0.559. The maximum absolute atomic E-state index is 12.7. The van der Waals surface area contributed by atoms with E-state index in [0.717, 1.165) is 4.68 Å². The number of nitrogens with zero attached hydrogens (tertiary/aromatic N) is 2. The van der Waals surface area contributed by atoms with E-state index in [1.165, 1.54) is 13.3 Å². The van der Waals surface area contributed by atoms with Crippen LogP contribution >= 0.6 is 11.6 Å².